The smallest absolute Gasteiger partial charge is 0.227 e. The van der Waals surface area contributed by atoms with Crippen LogP contribution in [0.3, 0.4) is 0 Å². The first-order valence-electron chi connectivity index (χ1n) is 8.40. The van der Waals surface area contributed by atoms with Gasteiger partial charge in [-0.3, -0.25) is 4.79 Å². The lowest BCUT2D eigenvalue weighted by molar-refractivity contribution is -0.130. The Hall–Kier alpha value is -1.79. The molecule has 0 aliphatic carbocycles. The fourth-order valence-corrected chi connectivity index (χ4v) is 3.07. The standard InChI is InChI=1S/C18H28N2O4/c1-19(9-10-21)6-4-7-20-8-5-14-11-16(23-2)17(24-3)12-15(14)13-18(20)22/h11-12,21H,4-10,13H2,1-3H3. The maximum Gasteiger partial charge on any atom is 0.227 e. The molecule has 1 N–H and O–H groups in total. The monoisotopic (exact) mass is 336 g/mol. The van der Waals surface area contributed by atoms with E-state index in [0.717, 1.165) is 43.6 Å². The summed E-state index contributed by atoms with van der Waals surface area (Å²) in [6.45, 7) is 3.18. The minimum atomic E-state index is 0.158. The number of methoxy groups -OCH3 is 2. The molecule has 1 aromatic rings. The summed E-state index contributed by atoms with van der Waals surface area (Å²) in [5.74, 6) is 1.54. The van der Waals surface area contributed by atoms with Crippen molar-refractivity contribution in [2.45, 2.75) is 19.3 Å². The van der Waals surface area contributed by atoms with Crippen molar-refractivity contribution in [2.24, 2.45) is 0 Å². The van der Waals surface area contributed by atoms with Crippen molar-refractivity contribution in [1.29, 1.82) is 0 Å². The predicted octanol–water partition coefficient (Wildman–Crippen LogP) is 0.945. The lowest BCUT2D eigenvalue weighted by Gasteiger charge is -2.22. The first kappa shape index (κ1) is 18.5. The third-order valence-corrected chi connectivity index (χ3v) is 4.50. The normalized spacial score (nSPS) is 14.5. The molecule has 1 aliphatic rings. The van der Waals surface area contributed by atoms with Gasteiger partial charge < -0.3 is 24.4 Å². The molecule has 0 radical (unpaired) electrons. The Morgan fingerprint density at radius 1 is 1.17 bits per heavy atom. The summed E-state index contributed by atoms with van der Waals surface area (Å²) < 4.78 is 10.7. The highest BCUT2D eigenvalue weighted by atomic mass is 16.5. The lowest BCUT2D eigenvalue weighted by Crippen LogP contribution is -2.35. The first-order chi connectivity index (χ1) is 11.6. The Balaban J connectivity index is 2.00. The van der Waals surface area contributed by atoms with Crippen molar-refractivity contribution < 1.29 is 19.4 Å². The van der Waals surface area contributed by atoms with Crippen molar-refractivity contribution in [2.75, 3.05) is 54.1 Å². The van der Waals surface area contributed by atoms with E-state index in [1.165, 1.54) is 0 Å². The number of rotatable bonds is 8. The maximum absolute atomic E-state index is 12.5. The molecule has 1 amide bonds. The molecule has 134 valence electrons. The van der Waals surface area contributed by atoms with Gasteiger partial charge >= 0.3 is 0 Å². The predicted molar refractivity (Wildman–Crippen MR) is 92.7 cm³/mol. The van der Waals surface area contributed by atoms with E-state index >= 15 is 0 Å². The topological polar surface area (TPSA) is 62.2 Å². The summed E-state index contributed by atoms with van der Waals surface area (Å²) in [5, 5.41) is 8.92. The van der Waals surface area contributed by atoms with Gasteiger partial charge in [0.25, 0.3) is 0 Å². The second-order valence-electron chi connectivity index (χ2n) is 6.16. The molecule has 0 saturated heterocycles. The minimum Gasteiger partial charge on any atom is -0.493 e. The quantitative estimate of drug-likeness (QED) is 0.766. The average molecular weight is 336 g/mol. The minimum absolute atomic E-state index is 0.158. The number of aliphatic hydroxyl groups is 1. The number of fused-ring (bicyclic) bond motifs is 1. The van der Waals surface area contributed by atoms with Crippen molar-refractivity contribution in [3.05, 3.63) is 23.3 Å². The van der Waals surface area contributed by atoms with E-state index in [1.807, 2.05) is 24.1 Å². The van der Waals surface area contributed by atoms with Gasteiger partial charge in [0, 0.05) is 19.6 Å². The van der Waals surface area contributed by atoms with Crippen LogP contribution in [0.4, 0.5) is 0 Å². The summed E-state index contributed by atoms with van der Waals surface area (Å²) in [5.41, 5.74) is 2.18. The van der Waals surface area contributed by atoms with Crippen molar-refractivity contribution >= 4 is 5.91 Å². The van der Waals surface area contributed by atoms with Crippen LogP contribution in [0, 0.1) is 0 Å². The number of hydrogen-bond donors (Lipinski definition) is 1. The van der Waals surface area contributed by atoms with Gasteiger partial charge in [0.05, 0.1) is 27.2 Å². The van der Waals surface area contributed by atoms with E-state index in [2.05, 4.69) is 4.90 Å². The Kier molecular flexibility index (Phi) is 6.87. The van der Waals surface area contributed by atoms with Gasteiger partial charge in [0.2, 0.25) is 5.91 Å². The van der Waals surface area contributed by atoms with Crippen LogP contribution in [0.2, 0.25) is 0 Å². The van der Waals surface area contributed by atoms with Gasteiger partial charge in [0.1, 0.15) is 0 Å². The number of benzene rings is 1. The van der Waals surface area contributed by atoms with E-state index in [0.29, 0.717) is 24.5 Å². The molecule has 6 nitrogen and oxygen atoms in total. The van der Waals surface area contributed by atoms with Gasteiger partial charge in [-0.25, -0.2) is 0 Å². The molecule has 0 atom stereocenters. The molecule has 0 spiro atoms. The molecule has 1 aliphatic heterocycles. The van der Waals surface area contributed by atoms with Crippen LogP contribution in [0.5, 0.6) is 11.5 Å². The maximum atomic E-state index is 12.5. The van der Waals surface area contributed by atoms with Crippen LogP contribution in [-0.4, -0.2) is 74.9 Å². The zero-order chi connectivity index (χ0) is 17.5. The van der Waals surface area contributed by atoms with E-state index in [1.54, 1.807) is 14.2 Å². The summed E-state index contributed by atoms with van der Waals surface area (Å²) in [7, 11) is 5.22. The number of amides is 1. The van der Waals surface area contributed by atoms with Crippen LogP contribution in [0.25, 0.3) is 0 Å². The second-order valence-corrected chi connectivity index (χ2v) is 6.16. The number of ether oxygens (including phenoxy) is 2. The van der Waals surface area contributed by atoms with Crippen LogP contribution >= 0.6 is 0 Å². The van der Waals surface area contributed by atoms with Crippen LogP contribution < -0.4 is 9.47 Å². The molecule has 0 saturated carbocycles. The SMILES string of the molecule is COc1cc2c(cc1OC)CC(=O)N(CCCN(C)CCO)CC2. The van der Waals surface area contributed by atoms with Crippen LogP contribution in [0.15, 0.2) is 12.1 Å². The number of hydrogen-bond acceptors (Lipinski definition) is 5. The van der Waals surface area contributed by atoms with E-state index in [9.17, 15) is 4.79 Å². The van der Waals surface area contributed by atoms with Crippen molar-refractivity contribution in [1.82, 2.24) is 9.80 Å². The molecular weight excluding hydrogens is 308 g/mol. The fourth-order valence-electron chi connectivity index (χ4n) is 3.07. The van der Waals surface area contributed by atoms with Crippen LogP contribution in [-0.2, 0) is 17.6 Å². The van der Waals surface area contributed by atoms with Gasteiger partial charge in [-0.2, -0.15) is 0 Å². The second kappa shape index (κ2) is 8.89. The number of nitrogens with zero attached hydrogens (tertiary/aromatic N) is 2. The van der Waals surface area contributed by atoms with Gasteiger partial charge in [0.15, 0.2) is 11.5 Å². The third kappa shape index (κ3) is 4.61. The Morgan fingerprint density at radius 2 is 1.83 bits per heavy atom. The summed E-state index contributed by atoms with van der Waals surface area (Å²) in [4.78, 5) is 16.5. The van der Waals surface area contributed by atoms with E-state index in [4.69, 9.17) is 14.6 Å². The molecule has 2 rings (SSSR count). The zero-order valence-corrected chi connectivity index (χ0v) is 14.9. The first-order valence-corrected chi connectivity index (χ1v) is 8.40. The Bertz CT molecular complexity index is 562. The van der Waals surface area contributed by atoms with Crippen molar-refractivity contribution in [3.63, 3.8) is 0 Å². The summed E-state index contributed by atoms with van der Waals surface area (Å²) in [6, 6.07) is 3.91. The van der Waals surface area contributed by atoms with E-state index in [-0.39, 0.29) is 12.5 Å². The molecule has 0 fully saturated rings. The molecule has 1 heterocycles. The molecule has 6 heteroatoms. The highest BCUT2D eigenvalue weighted by molar-refractivity contribution is 5.80. The molecule has 24 heavy (non-hydrogen) atoms. The molecular formula is C18H28N2O4. The van der Waals surface area contributed by atoms with Crippen LogP contribution in [0.1, 0.15) is 17.5 Å². The van der Waals surface area contributed by atoms with Gasteiger partial charge in [-0.05, 0) is 49.7 Å². The largest absolute Gasteiger partial charge is 0.493 e. The third-order valence-electron chi connectivity index (χ3n) is 4.50. The Labute approximate surface area is 144 Å². The Morgan fingerprint density at radius 3 is 2.46 bits per heavy atom. The summed E-state index contributed by atoms with van der Waals surface area (Å²) in [6.07, 6.45) is 2.14. The molecule has 0 aromatic heterocycles. The molecule has 0 unspecified atom stereocenters. The zero-order valence-electron chi connectivity index (χ0n) is 14.9. The lowest BCUT2D eigenvalue weighted by atomic mass is 10.0. The van der Waals surface area contributed by atoms with Gasteiger partial charge in [-0.15, -0.1) is 0 Å². The van der Waals surface area contributed by atoms with E-state index < -0.39 is 0 Å². The molecule has 1 aromatic carbocycles. The number of carbonyl (C=O) groups is 1. The molecule has 0 bridgehead atoms. The number of aliphatic hydroxyl groups excluding tert-OH is 1. The number of likely N-dealkylation sites (N-methyl/N-ethyl adjacent to an activating group) is 1. The van der Waals surface area contributed by atoms with Crippen molar-refractivity contribution in [3.8, 4) is 11.5 Å². The number of carbonyl (C=O) groups excluding carboxylic acids is 1. The highest BCUT2D eigenvalue weighted by Gasteiger charge is 2.22. The van der Waals surface area contributed by atoms with Gasteiger partial charge in [-0.1, -0.05) is 0 Å². The summed E-state index contributed by atoms with van der Waals surface area (Å²) >= 11 is 0. The average Bonchev–Trinajstić information content (AvgIpc) is 2.72. The highest BCUT2D eigenvalue weighted by Crippen LogP contribution is 2.32. The fraction of sp³-hybridized carbons (Fsp3) is 0.611.